The lowest BCUT2D eigenvalue weighted by molar-refractivity contribution is 0.0624. The molecule has 108 valence electrons. The molecule has 0 aliphatic carbocycles. The SMILES string of the molecule is Cc1ccc(C(=O)N2CC(Nc3ncccn3)C2)cc1F. The molecule has 2 aromatic rings. The monoisotopic (exact) mass is 286 g/mol. The number of carbonyl (C=O) groups is 1. The minimum absolute atomic E-state index is 0.131. The van der Waals surface area contributed by atoms with Gasteiger partial charge in [0.25, 0.3) is 5.91 Å². The first-order chi connectivity index (χ1) is 10.1. The van der Waals surface area contributed by atoms with E-state index in [1.165, 1.54) is 6.07 Å². The number of rotatable bonds is 3. The van der Waals surface area contributed by atoms with Crippen LogP contribution in [0.1, 0.15) is 15.9 Å². The fourth-order valence-corrected chi connectivity index (χ4v) is 2.20. The van der Waals surface area contributed by atoms with Gasteiger partial charge in [-0.2, -0.15) is 0 Å². The molecule has 0 bridgehead atoms. The van der Waals surface area contributed by atoms with E-state index in [0.29, 0.717) is 30.2 Å². The Bertz CT molecular complexity index is 656. The van der Waals surface area contributed by atoms with Crippen molar-refractivity contribution in [1.82, 2.24) is 14.9 Å². The van der Waals surface area contributed by atoms with Crippen molar-refractivity contribution in [2.75, 3.05) is 18.4 Å². The van der Waals surface area contributed by atoms with Gasteiger partial charge in [-0.05, 0) is 30.7 Å². The number of amides is 1. The highest BCUT2D eigenvalue weighted by Gasteiger charge is 2.31. The molecule has 0 unspecified atom stereocenters. The van der Waals surface area contributed by atoms with Gasteiger partial charge in [0.15, 0.2) is 0 Å². The van der Waals surface area contributed by atoms with Crippen molar-refractivity contribution < 1.29 is 9.18 Å². The predicted molar refractivity (Wildman–Crippen MR) is 76.5 cm³/mol. The molecule has 1 N–H and O–H groups in total. The third kappa shape index (κ3) is 2.84. The fraction of sp³-hybridized carbons (Fsp3) is 0.267. The zero-order chi connectivity index (χ0) is 14.8. The molecule has 1 aromatic heterocycles. The van der Waals surface area contributed by atoms with E-state index in [0.717, 1.165) is 0 Å². The van der Waals surface area contributed by atoms with Crippen LogP contribution < -0.4 is 5.32 Å². The summed E-state index contributed by atoms with van der Waals surface area (Å²) in [6.45, 7) is 2.80. The molecule has 5 nitrogen and oxygen atoms in total. The minimum atomic E-state index is -0.353. The third-order valence-electron chi connectivity index (χ3n) is 3.49. The van der Waals surface area contributed by atoms with Crippen molar-refractivity contribution in [3.8, 4) is 0 Å². The van der Waals surface area contributed by atoms with Crippen LogP contribution in [0, 0.1) is 12.7 Å². The lowest BCUT2D eigenvalue weighted by Crippen LogP contribution is -2.57. The molecule has 21 heavy (non-hydrogen) atoms. The molecule has 0 spiro atoms. The van der Waals surface area contributed by atoms with Crippen LogP contribution in [0.25, 0.3) is 0 Å². The second-order valence-electron chi connectivity index (χ2n) is 5.09. The molecular formula is C15H15FN4O. The quantitative estimate of drug-likeness (QED) is 0.935. The van der Waals surface area contributed by atoms with Crippen molar-refractivity contribution in [1.29, 1.82) is 0 Å². The first-order valence-electron chi connectivity index (χ1n) is 6.72. The highest BCUT2D eigenvalue weighted by molar-refractivity contribution is 5.95. The van der Waals surface area contributed by atoms with Crippen LogP contribution in [-0.2, 0) is 0 Å². The van der Waals surface area contributed by atoms with Crippen LogP contribution in [0.5, 0.6) is 0 Å². The number of hydrogen-bond donors (Lipinski definition) is 1. The average molecular weight is 286 g/mol. The molecule has 0 radical (unpaired) electrons. The van der Waals surface area contributed by atoms with Crippen LogP contribution >= 0.6 is 0 Å². The number of halogens is 1. The van der Waals surface area contributed by atoms with E-state index in [9.17, 15) is 9.18 Å². The van der Waals surface area contributed by atoms with E-state index in [1.54, 1.807) is 42.4 Å². The highest BCUT2D eigenvalue weighted by atomic mass is 19.1. The normalized spacial score (nSPS) is 14.7. The number of benzene rings is 1. The number of carbonyl (C=O) groups excluding carboxylic acids is 1. The van der Waals surface area contributed by atoms with Crippen LogP contribution in [0.4, 0.5) is 10.3 Å². The summed E-state index contributed by atoms with van der Waals surface area (Å²) in [7, 11) is 0. The molecule has 2 heterocycles. The number of nitrogens with one attached hydrogen (secondary N) is 1. The summed E-state index contributed by atoms with van der Waals surface area (Å²) in [6, 6.07) is 6.44. The molecule has 1 saturated heterocycles. The first-order valence-corrected chi connectivity index (χ1v) is 6.72. The van der Waals surface area contributed by atoms with Gasteiger partial charge in [0.05, 0.1) is 6.04 Å². The lowest BCUT2D eigenvalue weighted by atomic mass is 10.1. The summed E-state index contributed by atoms with van der Waals surface area (Å²) in [5.74, 6) is 0.0469. The Morgan fingerprint density at radius 3 is 2.71 bits per heavy atom. The largest absolute Gasteiger partial charge is 0.348 e. The molecule has 3 rings (SSSR count). The summed E-state index contributed by atoms with van der Waals surface area (Å²) in [6.07, 6.45) is 3.32. The molecular weight excluding hydrogens is 271 g/mol. The van der Waals surface area contributed by atoms with Crippen LogP contribution in [0.3, 0.4) is 0 Å². The molecule has 1 aliphatic heterocycles. The Morgan fingerprint density at radius 2 is 2.05 bits per heavy atom. The molecule has 0 saturated carbocycles. The molecule has 1 aromatic carbocycles. The predicted octanol–water partition coefficient (Wildman–Crippen LogP) is 1.86. The van der Waals surface area contributed by atoms with Gasteiger partial charge in [0.1, 0.15) is 5.82 Å². The van der Waals surface area contributed by atoms with E-state index in [-0.39, 0.29) is 17.8 Å². The number of anilines is 1. The summed E-state index contributed by atoms with van der Waals surface area (Å²) in [4.78, 5) is 22.0. The Morgan fingerprint density at radius 1 is 1.33 bits per heavy atom. The zero-order valence-corrected chi connectivity index (χ0v) is 11.6. The Hall–Kier alpha value is -2.50. The number of nitrogens with zero attached hydrogens (tertiary/aromatic N) is 3. The van der Waals surface area contributed by atoms with Gasteiger partial charge in [-0.3, -0.25) is 4.79 Å². The van der Waals surface area contributed by atoms with E-state index in [1.807, 2.05) is 0 Å². The van der Waals surface area contributed by atoms with E-state index in [4.69, 9.17) is 0 Å². The standard InChI is InChI=1S/C15H15FN4O/c1-10-3-4-11(7-13(10)16)14(21)20-8-12(9-20)19-15-17-5-2-6-18-15/h2-7,12H,8-9H2,1H3,(H,17,18,19). The van der Waals surface area contributed by atoms with Gasteiger partial charge >= 0.3 is 0 Å². The summed E-state index contributed by atoms with van der Waals surface area (Å²) < 4.78 is 13.5. The number of likely N-dealkylation sites (tertiary alicyclic amines) is 1. The van der Waals surface area contributed by atoms with Crippen molar-refractivity contribution in [2.45, 2.75) is 13.0 Å². The Labute approximate surface area is 121 Å². The molecule has 1 amide bonds. The summed E-state index contributed by atoms with van der Waals surface area (Å²) >= 11 is 0. The van der Waals surface area contributed by atoms with Gasteiger partial charge < -0.3 is 10.2 Å². The summed E-state index contributed by atoms with van der Waals surface area (Å²) in [5, 5.41) is 3.14. The fourth-order valence-electron chi connectivity index (χ4n) is 2.20. The van der Waals surface area contributed by atoms with E-state index < -0.39 is 0 Å². The molecule has 0 atom stereocenters. The zero-order valence-electron chi connectivity index (χ0n) is 11.6. The van der Waals surface area contributed by atoms with Crippen molar-refractivity contribution >= 4 is 11.9 Å². The number of hydrogen-bond acceptors (Lipinski definition) is 4. The van der Waals surface area contributed by atoms with Gasteiger partial charge in [0, 0.05) is 31.0 Å². The third-order valence-corrected chi connectivity index (χ3v) is 3.49. The second kappa shape index (κ2) is 5.47. The molecule has 6 heteroatoms. The van der Waals surface area contributed by atoms with Crippen LogP contribution in [0.15, 0.2) is 36.7 Å². The minimum Gasteiger partial charge on any atom is -0.348 e. The maximum Gasteiger partial charge on any atom is 0.254 e. The maximum atomic E-state index is 13.5. The van der Waals surface area contributed by atoms with Gasteiger partial charge in [-0.1, -0.05) is 6.07 Å². The van der Waals surface area contributed by atoms with Crippen molar-refractivity contribution in [3.63, 3.8) is 0 Å². The summed E-state index contributed by atoms with van der Waals surface area (Å²) in [5.41, 5.74) is 0.920. The second-order valence-corrected chi connectivity index (χ2v) is 5.09. The molecule has 1 fully saturated rings. The van der Waals surface area contributed by atoms with Crippen LogP contribution in [0.2, 0.25) is 0 Å². The lowest BCUT2D eigenvalue weighted by Gasteiger charge is -2.39. The van der Waals surface area contributed by atoms with Gasteiger partial charge in [-0.25, -0.2) is 14.4 Å². The number of aromatic nitrogens is 2. The topological polar surface area (TPSA) is 58.1 Å². The van der Waals surface area contributed by atoms with Crippen molar-refractivity contribution in [3.05, 3.63) is 53.6 Å². The Kier molecular flexibility index (Phi) is 3.51. The average Bonchev–Trinajstić information content (AvgIpc) is 2.46. The van der Waals surface area contributed by atoms with E-state index in [2.05, 4.69) is 15.3 Å². The highest BCUT2D eigenvalue weighted by Crippen LogP contribution is 2.17. The molecule has 1 aliphatic rings. The maximum absolute atomic E-state index is 13.5. The van der Waals surface area contributed by atoms with Crippen LogP contribution in [-0.4, -0.2) is 39.9 Å². The number of aryl methyl sites for hydroxylation is 1. The van der Waals surface area contributed by atoms with Gasteiger partial charge in [0.2, 0.25) is 5.95 Å². The Balaban J connectivity index is 1.58. The van der Waals surface area contributed by atoms with Crippen molar-refractivity contribution in [2.24, 2.45) is 0 Å². The van der Waals surface area contributed by atoms with Gasteiger partial charge in [-0.15, -0.1) is 0 Å². The van der Waals surface area contributed by atoms with E-state index >= 15 is 0 Å². The first kappa shape index (κ1) is 13.5. The smallest absolute Gasteiger partial charge is 0.254 e.